The maximum Gasteiger partial charge on any atom is 0.181 e. The molecule has 0 aliphatic heterocycles. The highest BCUT2D eigenvalue weighted by Gasteiger charge is 2.20. The Morgan fingerprint density at radius 3 is 2.81 bits per heavy atom. The summed E-state index contributed by atoms with van der Waals surface area (Å²) >= 11 is 1.31. The van der Waals surface area contributed by atoms with E-state index in [4.69, 9.17) is 10.8 Å². The predicted molar refractivity (Wildman–Crippen MR) is 62.1 cm³/mol. The van der Waals surface area contributed by atoms with Crippen molar-refractivity contribution < 1.29 is 15.3 Å². The molecule has 0 aliphatic rings. The summed E-state index contributed by atoms with van der Waals surface area (Å²) in [5, 5.41) is 28.4. The molecule has 0 aliphatic carbocycles. The highest BCUT2D eigenvalue weighted by molar-refractivity contribution is 7.22. The fourth-order valence-corrected chi connectivity index (χ4v) is 2.30. The second-order valence-corrected chi connectivity index (χ2v) is 4.50. The average molecular weight is 240 g/mol. The van der Waals surface area contributed by atoms with Crippen LogP contribution in [0.25, 0.3) is 10.2 Å². The first kappa shape index (κ1) is 11.3. The summed E-state index contributed by atoms with van der Waals surface area (Å²) in [4.78, 5) is 4.09. The Bertz CT molecular complexity index is 500. The maximum atomic E-state index is 9.81. The van der Waals surface area contributed by atoms with Crippen LogP contribution in [0.3, 0.4) is 0 Å². The topological polar surface area (TPSA) is 99.6 Å². The van der Waals surface area contributed by atoms with Gasteiger partial charge in [-0.3, -0.25) is 0 Å². The molecule has 0 spiro atoms. The highest BCUT2D eigenvalue weighted by atomic mass is 32.1. The second-order valence-electron chi connectivity index (χ2n) is 3.44. The molecule has 86 valence electrons. The molecule has 0 saturated heterocycles. The summed E-state index contributed by atoms with van der Waals surface area (Å²) in [7, 11) is 0. The minimum Gasteiger partial charge on any atom is -0.394 e. The van der Waals surface area contributed by atoms with Crippen LogP contribution < -0.4 is 5.73 Å². The van der Waals surface area contributed by atoms with Crippen molar-refractivity contribution in [1.82, 2.24) is 4.98 Å². The van der Waals surface area contributed by atoms with Crippen LogP contribution in [0.2, 0.25) is 0 Å². The standard InChI is InChI=1S/C10H12N2O3S/c11-10-12-8-5(9(15)6(14)4-13)2-1-3-7(8)16-10/h1-3,6,9,13-15H,4H2,(H2,11,12). The number of benzene rings is 1. The smallest absolute Gasteiger partial charge is 0.181 e. The van der Waals surface area contributed by atoms with Gasteiger partial charge in [0, 0.05) is 5.56 Å². The molecule has 5 nitrogen and oxygen atoms in total. The van der Waals surface area contributed by atoms with E-state index in [-0.39, 0.29) is 0 Å². The van der Waals surface area contributed by atoms with Crippen LogP contribution in [0.1, 0.15) is 11.7 Å². The molecule has 6 heteroatoms. The van der Waals surface area contributed by atoms with Crippen molar-refractivity contribution in [3.63, 3.8) is 0 Å². The van der Waals surface area contributed by atoms with Crippen molar-refractivity contribution in [1.29, 1.82) is 0 Å². The number of nitrogens with zero attached hydrogens (tertiary/aromatic N) is 1. The van der Waals surface area contributed by atoms with Gasteiger partial charge in [0.15, 0.2) is 5.13 Å². The molecular formula is C10H12N2O3S. The van der Waals surface area contributed by atoms with Gasteiger partial charge in [-0.2, -0.15) is 0 Å². The third kappa shape index (κ3) is 1.88. The van der Waals surface area contributed by atoms with E-state index in [0.717, 1.165) is 4.70 Å². The summed E-state index contributed by atoms with van der Waals surface area (Å²) < 4.78 is 0.846. The van der Waals surface area contributed by atoms with E-state index in [0.29, 0.717) is 16.2 Å². The van der Waals surface area contributed by atoms with Crippen LogP contribution in [-0.4, -0.2) is 33.0 Å². The van der Waals surface area contributed by atoms with E-state index in [1.165, 1.54) is 11.3 Å². The first-order chi connectivity index (χ1) is 7.63. The molecule has 0 amide bonds. The molecule has 1 heterocycles. The van der Waals surface area contributed by atoms with Crippen molar-refractivity contribution in [2.45, 2.75) is 12.2 Å². The monoisotopic (exact) mass is 240 g/mol. The Morgan fingerprint density at radius 2 is 2.12 bits per heavy atom. The van der Waals surface area contributed by atoms with Gasteiger partial charge < -0.3 is 21.1 Å². The van der Waals surface area contributed by atoms with Crippen LogP contribution in [0.15, 0.2) is 18.2 Å². The first-order valence-corrected chi connectivity index (χ1v) is 5.57. The number of hydrogen-bond acceptors (Lipinski definition) is 6. The number of hydrogen-bond donors (Lipinski definition) is 4. The summed E-state index contributed by atoms with van der Waals surface area (Å²) in [5.74, 6) is 0. The lowest BCUT2D eigenvalue weighted by molar-refractivity contribution is -0.0146. The van der Waals surface area contributed by atoms with Crippen LogP contribution in [-0.2, 0) is 0 Å². The number of nitrogens with two attached hydrogens (primary N) is 1. The normalized spacial score (nSPS) is 15.2. The lowest BCUT2D eigenvalue weighted by Gasteiger charge is -2.15. The number of rotatable bonds is 3. The Hall–Kier alpha value is -1.21. The second kappa shape index (κ2) is 4.34. The SMILES string of the molecule is Nc1nc2c(C(O)C(O)CO)cccc2s1. The molecule has 1 aromatic heterocycles. The van der Waals surface area contributed by atoms with E-state index < -0.39 is 18.8 Å². The molecule has 0 bridgehead atoms. The van der Waals surface area contributed by atoms with E-state index in [9.17, 15) is 10.2 Å². The van der Waals surface area contributed by atoms with Crippen molar-refractivity contribution in [2.24, 2.45) is 0 Å². The number of aliphatic hydroxyl groups is 3. The molecule has 5 N–H and O–H groups in total. The summed E-state index contributed by atoms with van der Waals surface area (Å²) in [6, 6.07) is 5.25. The van der Waals surface area contributed by atoms with Gasteiger partial charge in [-0.25, -0.2) is 4.98 Å². The van der Waals surface area contributed by atoms with E-state index >= 15 is 0 Å². The molecule has 2 aromatic rings. The van der Waals surface area contributed by atoms with Crippen LogP contribution in [0.4, 0.5) is 5.13 Å². The molecule has 0 fully saturated rings. The molecule has 2 rings (SSSR count). The zero-order valence-electron chi connectivity index (χ0n) is 8.37. The van der Waals surface area contributed by atoms with Gasteiger partial charge in [-0.1, -0.05) is 23.5 Å². The lowest BCUT2D eigenvalue weighted by atomic mass is 10.0. The lowest BCUT2D eigenvalue weighted by Crippen LogP contribution is -2.22. The van der Waals surface area contributed by atoms with Gasteiger partial charge in [0.25, 0.3) is 0 Å². The minimum absolute atomic E-state index is 0.410. The Balaban J connectivity index is 2.51. The number of aromatic nitrogens is 1. The maximum absolute atomic E-state index is 9.81. The fraction of sp³-hybridized carbons (Fsp3) is 0.300. The molecule has 2 atom stereocenters. The van der Waals surface area contributed by atoms with Gasteiger partial charge in [0.2, 0.25) is 0 Å². The first-order valence-electron chi connectivity index (χ1n) is 4.75. The molecule has 0 saturated carbocycles. The quantitative estimate of drug-likeness (QED) is 0.617. The number of aliphatic hydroxyl groups excluding tert-OH is 3. The fourth-order valence-electron chi connectivity index (χ4n) is 1.53. The molecule has 16 heavy (non-hydrogen) atoms. The number of fused-ring (bicyclic) bond motifs is 1. The molecule has 2 unspecified atom stereocenters. The zero-order chi connectivity index (χ0) is 11.7. The van der Waals surface area contributed by atoms with Crippen molar-refractivity contribution in [3.8, 4) is 0 Å². The summed E-state index contributed by atoms with van der Waals surface area (Å²) in [6.07, 6.45) is -2.37. The average Bonchev–Trinajstić information content (AvgIpc) is 2.66. The Morgan fingerprint density at radius 1 is 1.38 bits per heavy atom. The van der Waals surface area contributed by atoms with Crippen LogP contribution in [0, 0.1) is 0 Å². The number of nitrogen functional groups attached to an aromatic ring is 1. The number of para-hydroxylation sites is 1. The van der Waals surface area contributed by atoms with E-state index in [2.05, 4.69) is 4.98 Å². The van der Waals surface area contributed by atoms with Crippen molar-refractivity contribution in [3.05, 3.63) is 23.8 Å². The molecular weight excluding hydrogens is 228 g/mol. The van der Waals surface area contributed by atoms with Gasteiger partial charge in [0.05, 0.1) is 16.8 Å². The Kier molecular flexibility index (Phi) is 3.06. The largest absolute Gasteiger partial charge is 0.394 e. The van der Waals surface area contributed by atoms with Crippen molar-refractivity contribution >= 4 is 26.7 Å². The molecule has 0 radical (unpaired) electrons. The van der Waals surface area contributed by atoms with Crippen LogP contribution in [0.5, 0.6) is 0 Å². The van der Waals surface area contributed by atoms with Gasteiger partial charge in [0.1, 0.15) is 12.2 Å². The predicted octanol–water partition coefficient (Wildman–Crippen LogP) is 0.265. The van der Waals surface area contributed by atoms with Crippen molar-refractivity contribution in [2.75, 3.05) is 12.3 Å². The minimum atomic E-state index is -1.21. The highest BCUT2D eigenvalue weighted by Crippen LogP contribution is 2.30. The Labute approximate surface area is 95.8 Å². The van der Waals surface area contributed by atoms with Gasteiger partial charge in [-0.05, 0) is 6.07 Å². The summed E-state index contributed by atoms with van der Waals surface area (Å²) in [6.45, 7) is -0.503. The molecule has 1 aromatic carbocycles. The van der Waals surface area contributed by atoms with Crippen LogP contribution >= 0.6 is 11.3 Å². The van der Waals surface area contributed by atoms with E-state index in [1.54, 1.807) is 12.1 Å². The third-order valence-electron chi connectivity index (χ3n) is 2.34. The van der Waals surface area contributed by atoms with E-state index in [1.807, 2.05) is 6.07 Å². The summed E-state index contributed by atoms with van der Waals surface area (Å²) in [5.41, 5.74) is 6.63. The number of thiazole rings is 1. The third-order valence-corrected chi connectivity index (χ3v) is 3.19. The van der Waals surface area contributed by atoms with Gasteiger partial charge >= 0.3 is 0 Å². The van der Waals surface area contributed by atoms with Gasteiger partial charge in [-0.15, -0.1) is 0 Å². The number of anilines is 1. The zero-order valence-corrected chi connectivity index (χ0v) is 9.18.